The van der Waals surface area contributed by atoms with Crippen molar-refractivity contribution in [3.63, 3.8) is 0 Å². The van der Waals surface area contributed by atoms with E-state index < -0.39 is 0 Å². The van der Waals surface area contributed by atoms with Crippen LogP contribution in [0.15, 0.2) is 47.1 Å². The van der Waals surface area contributed by atoms with E-state index in [1.807, 2.05) is 50.2 Å². The van der Waals surface area contributed by atoms with Crippen LogP contribution in [-0.4, -0.2) is 47.9 Å². The predicted octanol–water partition coefficient (Wildman–Crippen LogP) is 2.73. The molecule has 0 saturated carbocycles. The summed E-state index contributed by atoms with van der Waals surface area (Å²) < 4.78 is 5.41. The van der Waals surface area contributed by atoms with Crippen molar-refractivity contribution >= 4 is 11.6 Å². The molecule has 2 aromatic rings. The van der Waals surface area contributed by atoms with E-state index >= 15 is 0 Å². The van der Waals surface area contributed by atoms with Gasteiger partial charge in [-0.05, 0) is 43.7 Å². The highest BCUT2D eigenvalue weighted by atomic mass is 16.3. The third-order valence-corrected chi connectivity index (χ3v) is 4.58. The lowest BCUT2D eigenvalue weighted by molar-refractivity contribution is -0.121. The van der Waals surface area contributed by atoms with Gasteiger partial charge in [-0.1, -0.05) is 12.1 Å². The molecule has 0 unspecified atom stereocenters. The van der Waals surface area contributed by atoms with Crippen molar-refractivity contribution in [3.8, 4) is 0 Å². The number of carbonyl (C=O) groups is 1. The van der Waals surface area contributed by atoms with Crippen molar-refractivity contribution in [1.82, 2.24) is 9.80 Å². The molecule has 1 aliphatic rings. The van der Waals surface area contributed by atoms with Crippen LogP contribution in [0.3, 0.4) is 0 Å². The van der Waals surface area contributed by atoms with Gasteiger partial charge in [-0.15, -0.1) is 0 Å². The van der Waals surface area contributed by atoms with Crippen LogP contribution < -0.4 is 5.32 Å². The number of nitrogens with zero attached hydrogens (tertiary/aromatic N) is 2. The highest BCUT2D eigenvalue weighted by Gasteiger charge is 2.25. The third-order valence-electron chi connectivity index (χ3n) is 4.58. The van der Waals surface area contributed by atoms with Crippen LogP contribution in [0.1, 0.15) is 18.2 Å². The number of aryl methyl sites for hydroxylation is 1. The van der Waals surface area contributed by atoms with Crippen LogP contribution in [0, 0.1) is 6.92 Å². The molecule has 1 fully saturated rings. The standard InChI is InChI=1S/C19H25N3O2/c1-15-5-3-6-17(13-15)20-19(23)16(2)22-10-8-21(9-11-22)14-18-7-4-12-24-18/h3-7,12-13,16H,8-11,14H2,1-2H3,(H,20,23)/t16-/m1/s1. The van der Waals surface area contributed by atoms with Gasteiger partial charge in [0.05, 0.1) is 18.8 Å². The molecule has 1 atom stereocenters. The van der Waals surface area contributed by atoms with E-state index in [2.05, 4.69) is 15.1 Å². The number of hydrogen-bond acceptors (Lipinski definition) is 4. The van der Waals surface area contributed by atoms with Gasteiger partial charge in [-0.25, -0.2) is 0 Å². The van der Waals surface area contributed by atoms with Crippen molar-refractivity contribution < 1.29 is 9.21 Å². The van der Waals surface area contributed by atoms with Gasteiger partial charge in [0.25, 0.3) is 0 Å². The molecule has 0 bridgehead atoms. The van der Waals surface area contributed by atoms with E-state index in [4.69, 9.17) is 4.42 Å². The van der Waals surface area contributed by atoms with Gasteiger partial charge in [-0.2, -0.15) is 0 Å². The van der Waals surface area contributed by atoms with E-state index in [0.717, 1.165) is 49.7 Å². The van der Waals surface area contributed by atoms with Crippen LogP contribution in [0.5, 0.6) is 0 Å². The third kappa shape index (κ3) is 4.24. The largest absolute Gasteiger partial charge is 0.468 e. The van der Waals surface area contributed by atoms with Crippen LogP contribution in [0.2, 0.25) is 0 Å². The normalized spacial score (nSPS) is 17.6. The highest BCUT2D eigenvalue weighted by molar-refractivity contribution is 5.94. The average Bonchev–Trinajstić information content (AvgIpc) is 3.08. The molecule has 1 amide bonds. The van der Waals surface area contributed by atoms with Gasteiger partial charge in [0, 0.05) is 31.9 Å². The SMILES string of the molecule is Cc1cccc(NC(=O)[C@@H](C)N2CCN(Cc3ccco3)CC2)c1. The summed E-state index contributed by atoms with van der Waals surface area (Å²) in [5.41, 5.74) is 2.01. The molecule has 1 aromatic heterocycles. The van der Waals surface area contributed by atoms with Gasteiger partial charge >= 0.3 is 0 Å². The lowest BCUT2D eigenvalue weighted by Crippen LogP contribution is -2.52. The summed E-state index contributed by atoms with van der Waals surface area (Å²) in [5.74, 6) is 1.05. The Labute approximate surface area is 143 Å². The summed E-state index contributed by atoms with van der Waals surface area (Å²) in [7, 11) is 0. The van der Waals surface area contributed by atoms with Crippen molar-refractivity contribution in [1.29, 1.82) is 0 Å². The van der Waals surface area contributed by atoms with Gasteiger partial charge in [0.1, 0.15) is 5.76 Å². The zero-order valence-corrected chi connectivity index (χ0v) is 14.4. The van der Waals surface area contributed by atoms with E-state index in [-0.39, 0.29) is 11.9 Å². The van der Waals surface area contributed by atoms with Gasteiger partial charge < -0.3 is 9.73 Å². The van der Waals surface area contributed by atoms with E-state index in [0.29, 0.717) is 0 Å². The predicted molar refractivity (Wildman–Crippen MR) is 94.8 cm³/mol. The minimum absolute atomic E-state index is 0.0556. The first-order valence-electron chi connectivity index (χ1n) is 8.48. The molecule has 1 aliphatic heterocycles. The Morgan fingerprint density at radius 1 is 1.21 bits per heavy atom. The van der Waals surface area contributed by atoms with Gasteiger partial charge in [0.2, 0.25) is 5.91 Å². The zero-order chi connectivity index (χ0) is 16.9. The summed E-state index contributed by atoms with van der Waals surface area (Å²) in [6.45, 7) is 8.52. The maximum absolute atomic E-state index is 12.5. The molecule has 128 valence electrons. The first-order valence-corrected chi connectivity index (χ1v) is 8.48. The lowest BCUT2D eigenvalue weighted by Gasteiger charge is -2.37. The number of nitrogens with one attached hydrogen (secondary N) is 1. The molecule has 0 aliphatic carbocycles. The van der Waals surface area contributed by atoms with Gasteiger partial charge in [0.15, 0.2) is 0 Å². The Bertz CT molecular complexity index is 661. The minimum atomic E-state index is -0.128. The average molecular weight is 327 g/mol. The molecule has 1 saturated heterocycles. The maximum atomic E-state index is 12.5. The Morgan fingerprint density at radius 3 is 2.67 bits per heavy atom. The summed E-state index contributed by atoms with van der Waals surface area (Å²) >= 11 is 0. The van der Waals surface area contributed by atoms with Crippen molar-refractivity contribution in [3.05, 3.63) is 54.0 Å². The molecule has 2 heterocycles. The van der Waals surface area contributed by atoms with Crippen molar-refractivity contribution in [2.75, 3.05) is 31.5 Å². The Balaban J connectivity index is 1.49. The van der Waals surface area contributed by atoms with Crippen LogP contribution in [0.25, 0.3) is 0 Å². The molecule has 24 heavy (non-hydrogen) atoms. The van der Waals surface area contributed by atoms with E-state index in [1.54, 1.807) is 6.26 Å². The number of carbonyl (C=O) groups excluding carboxylic acids is 1. The highest BCUT2D eigenvalue weighted by Crippen LogP contribution is 2.14. The Kier molecular flexibility index (Phi) is 5.33. The molecule has 3 rings (SSSR count). The summed E-state index contributed by atoms with van der Waals surface area (Å²) in [6.07, 6.45) is 1.71. The Hall–Kier alpha value is -2.11. The van der Waals surface area contributed by atoms with Crippen LogP contribution >= 0.6 is 0 Å². The zero-order valence-electron chi connectivity index (χ0n) is 14.4. The molecule has 5 heteroatoms. The molecule has 5 nitrogen and oxygen atoms in total. The van der Waals surface area contributed by atoms with Crippen molar-refractivity contribution in [2.24, 2.45) is 0 Å². The number of rotatable bonds is 5. The maximum Gasteiger partial charge on any atom is 0.241 e. The van der Waals surface area contributed by atoms with Crippen LogP contribution in [0.4, 0.5) is 5.69 Å². The van der Waals surface area contributed by atoms with Crippen LogP contribution in [-0.2, 0) is 11.3 Å². The molecular weight excluding hydrogens is 302 g/mol. The number of anilines is 1. The lowest BCUT2D eigenvalue weighted by atomic mass is 10.2. The molecule has 0 radical (unpaired) electrons. The van der Waals surface area contributed by atoms with E-state index in [1.165, 1.54) is 0 Å². The second kappa shape index (κ2) is 7.64. The molecule has 0 spiro atoms. The first kappa shape index (κ1) is 16.7. The molecule has 1 aromatic carbocycles. The van der Waals surface area contributed by atoms with Gasteiger partial charge in [-0.3, -0.25) is 14.6 Å². The quantitative estimate of drug-likeness (QED) is 0.917. The summed E-state index contributed by atoms with van der Waals surface area (Å²) in [5, 5.41) is 3.02. The second-order valence-corrected chi connectivity index (χ2v) is 6.43. The van der Waals surface area contributed by atoms with E-state index in [9.17, 15) is 4.79 Å². The second-order valence-electron chi connectivity index (χ2n) is 6.43. The molecular formula is C19H25N3O2. The number of furan rings is 1. The topological polar surface area (TPSA) is 48.7 Å². The number of amides is 1. The summed E-state index contributed by atoms with van der Waals surface area (Å²) in [6, 6.07) is 11.7. The number of piperazine rings is 1. The fourth-order valence-corrected chi connectivity index (χ4v) is 3.07. The van der Waals surface area contributed by atoms with Crippen molar-refractivity contribution in [2.45, 2.75) is 26.4 Å². The first-order chi connectivity index (χ1) is 11.6. The monoisotopic (exact) mass is 327 g/mol. The Morgan fingerprint density at radius 2 is 2.00 bits per heavy atom. The molecule has 1 N–H and O–H groups in total. The minimum Gasteiger partial charge on any atom is -0.468 e. The number of benzene rings is 1. The summed E-state index contributed by atoms with van der Waals surface area (Å²) in [4.78, 5) is 17.1. The fourth-order valence-electron chi connectivity index (χ4n) is 3.07. The number of hydrogen-bond donors (Lipinski definition) is 1. The smallest absolute Gasteiger partial charge is 0.241 e. The fraction of sp³-hybridized carbons (Fsp3) is 0.421.